The molecule has 2 rings (SSSR count). The first-order chi connectivity index (χ1) is 9.09. The van der Waals surface area contributed by atoms with E-state index in [1.54, 1.807) is 5.43 Å². The molecule has 0 aliphatic heterocycles. The molecule has 0 atom stereocenters. The molecule has 2 heterocycles. The summed E-state index contributed by atoms with van der Waals surface area (Å²) in [6, 6.07) is 3.97. The molecule has 0 saturated carbocycles. The lowest BCUT2D eigenvalue weighted by Gasteiger charge is -2.06. The summed E-state index contributed by atoms with van der Waals surface area (Å²) in [6.45, 7) is 0. The topological polar surface area (TPSA) is 120 Å². The van der Waals surface area contributed by atoms with Gasteiger partial charge in [0.05, 0.1) is 5.56 Å². The Hall–Kier alpha value is -3.10. The third-order valence-electron chi connectivity index (χ3n) is 2.15. The van der Waals surface area contributed by atoms with Crippen molar-refractivity contribution in [3.05, 3.63) is 62.8 Å². The number of carbonyl (C=O) groups excluding carboxylic acids is 1. The Bertz CT molecular complexity index is 682. The van der Waals surface area contributed by atoms with E-state index >= 15 is 0 Å². The smallest absolute Gasteiger partial charge is 0.269 e. The molecule has 0 unspecified atom stereocenters. The molecule has 0 aliphatic carbocycles. The Balaban J connectivity index is 2.53. The summed E-state index contributed by atoms with van der Waals surface area (Å²) in [5.41, 5.74) is 1.08. The Morgan fingerprint density at radius 3 is 2.79 bits per heavy atom. The van der Waals surface area contributed by atoms with Gasteiger partial charge in [0.1, 0.15) is 0 Å². The van der Waals surface area contributed by atoms with Crippen LogP contribution < -0.4 is 11.0 Å². The average molecular weight is 261 g/mol. The summed E-state index contributed by atoms with van der Waals surface area (Å²) in [5.74, 6) is -1.22. The first-order valence-electron chi connectivity index (χ1n) is 5.03. The van der Waals surface area contributed by atoms with E-state index in [4.69, 9.17) is 0 Å². The van der Waals surface area contributed by atoms with Gasteiger partial charge < -0.3 is 0 Å². The van der Waals surface area contributed by atoms with Crippen molar-refractivity contribution in [2.75, 3.05) is 5.43 Å². The van der Waals surface area contributed by atoms with Crippen LogP contribution in [-0.4, -0.2) is 25.5 Å². The van der Waals surface area contributed by atoms with Crippen LogP contribution in [0.1, 0.15) is 10.4 Å². The number of nitrogens with one attached hydrogen (secondary N) is 1. The molecule has 2 aromatic heterocycles. The van der Waals surface area contributed by atoms with E-state index in [0.29, 0.717) is 4.57 Å². The molecule has 2 aromatic rings. The molecule has 0 spiro atoms. The number of hydrazine groups is 1. The van der Waals surface area contributed by atoms with Gasteiger partial charge in [-0.15, -0.1) is 0 Å². The molecule has 96 valence electrons. The van der Waals surface area contributed by atoms with Gasteiger partial charge in [0.25, 0.3) is 17.4 Å². The summed E-state index contributed by atoms with van der Waals surface area (Å²) in [4.78, 5) is 41.5. The lowest BCUT2D eigenvalue weighted by molar-refractivity contribution is -0.446. The third-order valence-corrected chi connectivity index (χ3v) is 2.15. The number of carbonyl (C=O) groups is 1. The fourth-order valence-corrected chi connectivity index (χ4v) is 1.38. The lowest BCUT2D eigenvalue weighted by Crippen LogP contribution is -2.31. The van der Waals surface area contributed by atoms with E-state index in [0.717, 1.165) is 12.3 Å². The molecule has 0 amide bonds. The quantitative estimate of drug-likeness (QED) is 0.606. The number of anilines is 1. The van der Waals surface area contributed by atoms with Gasteiger partial charge in [-0.1, -0.05) is 5.43 Å². The fourth-order valence-electron chi connectivity index (χ4n) is 1.38. The van der Waals surface area contributed by atoms with Crippen LogP contribution in [0.2, 0.25) is 0 Å². The molecule has 0 saturated heterocycles. The first-order valence-corrected chi connectivity index (χ1v) is 5.03. The molecule has 0 aliphatic rings. The maximum atomic E-state index is 12.1. The maximum absolute atomic E-state index is 12.1. The Morgan fingerprint density at radius 1 is 1.37 bits per heavy atom. The zero-order valence-corrected chi connectivity index (χ0v) is 9.39. The molecule has 0 radical (unpaired) electrons. The van der Waals surface area contributed by atoms with Gasteiger partial charge in [-0.25, -0.2) is 19.7 Å². The molecule has 1 N–H and O–H groups in total. The van der Waals surface area contributed by atoms with Crippen LogP contribution in [0.4, 0.5) is 5.95 Å². The van der Waals surface area contributed by atoms with Crippen molar-refractivity contribution in [2.24, 2.45) is 0 Å². The summed E-state index contributed by atoms with van der Waals surface area (Å²) in [5, 5.41) is 9.50. The molecule has 9 nitrogen and oxygen atoms in total. The van der Waals surface area contributed by atoms with Crippen LogP contribution in [0.15, 0.2) is 41.6 Å². The summed E-state index contributed by atoms with van der Waals surface area (Å²) < 4.78 is 0.569. The van der Waals surface area contributed by atoms with Gasteiger partial charge in [0.15, 0.2) is 5.03 Å². The average Bonchev–Trinajstić information content (AvgIpc) is 2.38. The number of nitrogens with zero attached hydrogens (tertiary/aromatic N) is 4. The number of aromatic nitrogens is 3. The van der Waals surface area contributed by atoms with Crippen LogP contribution in [0.25, 0.3) is 0 Å². The number of nitro groups is 1. The standard InChI is InChI=1S/C10H7N5O4/c16-8-3-5-12-10(13-15(18)19)14(8)9(17)7-2-1-4-11-6-7/h1-6H,(H,12,13). The van der Waals surface area contributed by atoms with E-state index in [-0.39, 0.29) is 5.56 Å². The zero-order valence-electron chi connectivity index (χ0n) is 9.39. The van der Waals surface area contributed by atoms with Gasteiger partial charge in [-0.3, -0.25) is 14.6 Å². The van der Waals surface area contributed by atoms with Crippen LogP contribution in [0.5, 0.6) is 0 Å². The van der Waals surface area contributed by atoms with Crippen LogP contribution in [0, 0.1) is 10.1 Å². The summed E-state index contributed by atoms with van der Waals surface area (Å²) in [6.07, 6.45) is 3.78. The van der Waals surface area contributed by atoms with E-state index in [9.17, 15) is 19.7 Å². The van der Waals surface area contributed by atoms with E-state index < -0.39 is 22.4 Å². The van der Waals surface area contributed by atoms with Gasteiger partial charge in [0.2, 0.25) is 0 Å². The van der Waals surface area contributed by atoms with Crippen molar-refractivity contribution >= 4 is 11.9 Å². The molecule has 9 heteroatoms. The third kappa shape index (κ3) is 2.60. The predicted octanol–water partition coefficient (Wildman–Crippen LogP) is -0.0696. The van der Waals surface area contributed by atoms with Gasteiger partial charge in [-0.05, 0) is 12.1 Å². The molecular weight excluding hydrogens is 254 g/mol. The van der Waals surface area contributed by atoms with Crippen molar-refractivity contribution in [3.63, 3.8) is 0 Å². The van der Waals surface area contributed by atoms with Crippen molar-refractivity contribution < 1.29 is 9.83 Å². The minimum absolute atomic E-state index is 0.115. The van der Waals surface area contributed by atoms with Gasteiger partial charge in [-0.2, -0.15) is 0 Å². The van der Waals surface area contributed by atoms with Gasteiger partial charge in [0, 0.05) is 24.7 Å². The maximum Gasteiger partial charge on any atom is 0.275 e. The van der Waals surface area contributed by atoms with E-state index in [1.165, 1.54) is 24.5 Å². The summed E-state index contributed by atoms with van der Waals surface area (Å²) >= 11 is 0. The normalized spacial score (nSPS) is 9.89. The van der Waals surface area contributed by atoms with Crippen molar-refractivity contribution in [3.8, 4) is 0 Å². The molecule has 0 fully saturated rings. The second-order valence-electron chi connectivity index (χ2n) is 3.36. The summed E-state index contributed by atoms with van der Waals surface area (Å²) in [7, 11) is 0. The van der Waals surface area contributed by atoms with Crippen molar-refractivity contribution in [2.45, 2.75) is 0 Å². The second-order valence-corrected chi connectivity index (χ2v) is 3.36. The fraction of sp³-hybridized carbons (Fsp3) is 0. The highest BCUT2D eigenvalue weighted by Gasteiger charge is 2.17. The largest absolute Gasteiger partial charge is 0.275 e. The number of rotatable bonds is 3. The number of hydrogen-bond acceptors (Lipinski definition) is 6. The van der Waals surface area contributed by atoms with Crippen LogP contribution >= 0.6 is 0 Å². The predicted molar refractivity (Wildman–Crippen MR) is 63.1 cm³/mol. The monoisotopic (exact) mass is 261 g/mol. The minimum Gasteiger partial charge on any atom is -0.269 e. The Kier molecular flexibility index (Phi) is 3.28. The highest BCUT2D eigenvalue weighted by atomic mass is 16.7. The van der Waals surface area contributed by atoms with Crippen molar-refractivity contribution in [1.82, 2.24) is 14.5 Å². The Morgan fingerprint density at radius 2 is 2.16 bits per heavy atom. The SMILES string of the molecule is O=C(c1cccnc1)n1c(N[N+](=O)[O-])nccc1=O. The van der Waals surface area contributed by atoms with Gasteiger partial charge >= 0.3 is 0 Å². The minimum atomic E-state index is -0.908. The number of hydrogen-bond donors (Lipinski definition) is 1. The first kappa shape index (κ1) is 12.4. The highest BCUT2D eigenvalue weighted by Crippen LogP contribution is 2.04. The highest BCUT2D eigenvalue weighted by molar-refractivity contribution is 5.96. The van der Waals surface area contributed by atoms with Crippen LogP contribution in [0.3, 0.4) is 0 Å². The van der Waals surface area contributed by atoms with E-state index in [2.05, 4.69) is 9.97 Å². The van der Waals surface area contributed by atoms with Crippen molar-refractivity contribution in [1.29, 1.82) is 0 Å². The molecule has 0 aromatic carbocycles. The zero-order chi connectivity index (χ0) is 13.8. The van der Waals surface area contributed by atoms with Crippen LogP contribution in [-0.2, 0) is 0 Å². The second kappa shape index (κ2) is 5.04. The lowest BCUT2D eigenvalue weighted by atomic mass is 10.2. The molecular formula is C10H7N5O4. The number of pyridine rings is 1. The molecule has 19 heavy (non-hydrogen) atoms. The van der Waals surface area contributed by atoms with E-state index in [1.807, 2.05) is 0 Å². The Labute approximate surface area is 105 Å². The molecule has 0 bridgehead atoms.